The third kappa shape index (κ3) is 4.00. The maximum atomic E-state index is 13.6. The van der Waals surface area contributed by atoms with Gasteiger partial charge in [-0.2, -0.15) is 0 Å². The Morgan fingerprint density at radius 1 is 1.06 bits per heavy atom. The molecule has 1 saturated carbocycles. The number of aromatic nitrogens is 3. The van der Waals surface area contributed by atoms with E-state index in [1.165, 1.54) is 12.1 Å². The summed E-state index contributed by atoms with van der Waals surface area (Å²) in [6.45, 7) is 2.28. The summed E-state index contributed by atoms with van der Waals surface area (Å²) in [5.41, 5.74) is 2.34. The Labute approximate surface area is 185 Å². The molecule has 6 nitrogen and oxygen atoms in total. The summed E-state index contributed by atoms with van der Waals surface area (Å²) < 4.78 is 34.0. The zero-order valence-electron chi connectivity index (χ0n) is 17.9. The van der Waals surface area contributed by atoms with Crippen molar-refractivity contribution in [2.45, 2.75) is 31.5 Å². The molecule has 168 valence electrons. The van der Waals surface area contributed by atoms with Crippen LogP contribution in [0.25, 0.3) is 11.3 Å². The second-order valence-corrected chi connectivity index (χ2v) is 8.85. The SMILES string of the molecule is COc1ccccc1-c1cn([C@@H]2C[C@@H]3CN(Cc4ccc(F)c(F)c4)C[C@@H]3C[C@H]2O)nn1. The maximum Gasteiger partial charge on any atom is 0.159 e. The number of benzene rings is 2. The lowest BCUT2D eigenvalue weighted by Crippen LogP contribution is -2.36. The van der Waals surface area contributed by atoms with Gasteiger partial charge in [0, 0.05) is 25.2 Å². The van der Waals surface area contributed by atoms with Gasteiger partial charge in [0.1, 0.15) is 11.4 Å². The number of aliphatic hydroxyl groups is 1. The van der Waals surface area contributed by atoms with Crippen molar-refractivity contribution in [3.8, 4) is 17.0 Å². The molecule has 2 heterocycles. The Morgan fingerprint density at radius 2 is 1.84 bits per heavy atom. The molecule has 32 heavy (non-hydrogen) atoms. The van der Waals surface area contributed by atoms with E-state index in [0.29, 0.717) is 30.5 Å². The number of halogens is 2. The van der Waals surface area contributed by atoms with Gasteiger partial charge < -0.3 is 9.84 Å². The molecule has 0 spiro atoms. The molecule has 1 aromatic heterocycles. The Kier molecular flexibility index (Phi) is 5.65. The minimum absolute atomic E-state index is 0.143. The Hall–Kier alpha value is -2.84. The van der Waals surface area contributed by atoms with Crippen LogP contribution in [0, 0.1) is 23.5 Å². The van der Waals surface area contributed by atoms with E-state index in [9.17, 15) is 13.9 Å². The first kappa shape index (κ1) is 21.0. The average Bonchev–Trinajstić information content (AvgIpc) is 3.42. The van der Waals surface area contributed by atoms with Gasteiger partial charge in [0.2, 0.25) is 0 Å². The number of para-hydroxylation sites is 1. The number of hydrogen-bond acceptors (Lipinski definition) is 5. The van der Waals surface area contributed by atoms with Crippen molar-refractivity contribution in [2.24, 2.45) is 11.8 Å². The van der Waals surface area contributed by atoms with Crippen LogP contribution in [-0.2, 0) is 6.54 Å². The van der Waals surface area contributed by atoms with Crippen LogP contribution in [0.3, 0.4) is 0 Å². The van der Waals surface area contributed by atoms with Crippen LogP contribution < -0.4 is 4.74 Å². The van der Waals surface area contributed by atoms with Crippen LogP contribution >= 0.6 is 0 Å². The quantitative estimate of drug-likeness (QED) is 0.656. The molecule has 0 unspecified atom stereocenters. The molecular weight excluding hydrogens is 414 g/mol. The van der Waals surface area contributed by atoms with E-state index in [2.05, 4.69) is 15.2 Å². The minimum atomic E-state index is -0.824. The summed E-state index contributed by atoms with van der Waals surface area (Å²) in [4.78, 5) is 2.26. The first-order chi connectivity index (χ1) is 15.5. The van der Waals surface area contributed by atoms with Gasteiger partial charge in [-0.05, 0) is 54.5 Å². The molecule has 2 fully saturated rings. The van der Waals surface area contributed by atoms with Gasteiger partial charge in [-0.3, -0.25) is 4.90 Å². The first-order valence-electron chi connectivity index (χ1n) is 10.9. The predicted octanol–water partition coefficient (Wildman–Crippen LogP) is 3.68. The minimum Gasteiger partial charge on any atom is -0.496 e. The van der Waals surface area contributed by atoms with Crippen molar-refractivity contribution in [2.75, 3.05) is 20.2 Å². The lowest BCUT2D eigenvalue weighted by atomic mass is 9.77. The molecule has 2 aromatic carbocycles. The van der Waals surface area contributed by atoms with Gasteiger partial charge in [0.25, 0.3) is 0 Å². The largest absolute Gasteiger partial charge is 0.496 e. The highest BCUT2D eigenvalue weighted by Crippen LogP contribution is 2.42. The number of likely N-dealkylation sites (tertiary alicyclic amines) is 1. The van der Waals surface area contributed by atoms with Gasteiger partial charge >= 0.3 is 0 Å². The van der Waals surface area contributed by atoms with Crippen LogP contribution in [0.2, 0.25) is 0 Å². The zero-order valence-corrected chi connectivity index (χ0v) is 17.9. The third-order valence-electron chi connectivity index (χ3n) is 6.81. The third-order valence-corrected chi connectivity index (χ3v) is 6.81. The van der Waals surface area contributed by atoms with Crippen molar-refractivity contribution in [3.63, 3.8) is 0 Å². The fraction of sp³-hybridized carbons (Fsp3) is 0.417. The fourth-order valence-corrected chi connectivity index (χ4v) is 5.23. The first-order valence-corrected chi connectivity index (χ1v) is 10.9. The average molecular weight is 440 g/mol. The number of rotatable bonds is 5. The van der Waals surface area contributed by atoms with E-state index in [0.717, 1.165) is 36.4 Å². The lowest BCUT2D eigenvalue weighted by Gasteiger charge is -2.35. The van der Waals surface area contributed by atoms with Crippen molar-refractivity contribution >= 4 is 0 Å². The number of fused-ring (bicyclic) bond motifs is 1. The molecule has 0 amide bonds. The van der Waals surface area contributed by atoms with Crippen molar-refractivity contribution in [3.05, 3.63) is 65.9 Å². The number of ether oxygens (including phenoxy) is 1. The maximum absolute atomic E-state index is 13.6. The highest BCUT2D eigenvalue weighted by atomic mass is 19.2. The highest BCUT2D eigenvalue weighted by molar-refractivity contribution is 5.66. The van der Waals surface area contributed by atoms with Crippen molar-refractivity contribution in [1.82, 2.24) is 19.9 Å². The lowest BCUT2D eigenvalue weighted by molar-refractivity contribution is 0.0298. The molecule has 1 aliphatic heterocycles. The Bertz CT molecular complexity index is 1110. The Balaban J connectivity index is 1.28. The summed E-state index contributed by atoms with van der Waals surface area (Å²) in [6, 6.07) is 11.6. The van der Waals surface area contributed by atoms with E-state index < -0.39 is 17.7 Å². The second-order valence-electron chi connectivity index (χ2n) is 8.85. The highest BCUT2D eigenvalue weighted by Gasteiger charge is 2.42. The topological polar surface area (TPSA) is 63.4 Å². The molecule has 5 rings (SSSR count). The molecular formula is C24H26F2N4O2. The summed E-state index contributed by atoms with van der Waals surface area (Å²) in [7, 11) is 1.63. The fourth-order valence-electron chi connectivity index (χ4n) is 5.23. The summed E-state index contributed by atoms with van der Waals surface area (Å²) in [6.07, 6.45) is 2.86. The molecule has 0 radical (unpaired) electrons. The van der Waals surface area contributed by atoms with Crippen LogP contribution in [0.5, 0.6) is 5.75 Å². The van der Waals surface area contributed by atoms with Gasteiger partial charge in [0.15, 0.2) is 11.6 Å². The molecule has 2 aliphatic rings. The molecule has 8 heteroatoms. The predicted molar refractivity (Wildman–Crippen MR) is 115 cm³/mol. The molecule has 1 N–H and O–H groups in total. The van der Waals surface area contributed by atoms with E-state index in [1.807, 2.05) is 30.5 Å². The standard InChI is InChI=1S/C24H26F2N4O2/c1-32-24-5-3-2-4-18(24)21-14-30(28-27-21)22-9-16-12-29(13-17(16)10-23(22)31)11-15-6-7-19(25)20(26)8-15/h2-8,14,16-17,22-23,31H,9-13H2,1H3/t16-,17+,22-,23-/m1/s1. The van der Waals surface area contributed by atoms with E-state index >= 15 is 0 Å². The molecule has 4 atom stereocenters. The molecule has 1 aliphatic carbocycles. The van der Waals surface area contributed by atoms with Gasteiger partial charge in [0.05, 0.1) is 25.5 Å². The number of aliphatic hydroxyl groups excluding tert-OH is 1. The van der Waals surface area contributed by atoms with Crippen LogP contribution in [0.15, 0.2) is 48.7 Å². The summed E-state index contributed by atoms with van der Waals surface area (Å²) in [5, 5.41) is 19.5. The second kappa shape index (κ2) is 8.60. The zero-order chi connectivity index (χ0) is 22.2. The van der Waals surface area contributed by atoms with Gasteiger partial charge in [-0.1, -0.05) is 23.4 Å². The Morgan fingerprint density at radius 3 is 2.62 bits per heavy atom. The normalized spacial score (nSPS) is 25.6. The number of nitrogens with zero attached hydrogens (tertiary/aromatic N) is 4. The van der Waals surface area contributed by atoms with Crippen LogP contribution in [-0.4, -0.2) is 51.3 Å². The number of hydrogen-bond donors (Lipinski definition) is 1. The van der Waals surface area contributed by atoms with Gasteiger partial charge in [-0.15, -0.1) is 5.10 Å². The van der Waals surface area contributed by atoms with E-state index in [1.54, 1.807) is 17.9 Å². The molecule has 3 aromatic rings. The van der Waals surface area contributed by atoms with E-state index in [-0.39, 0.29) is 6.04 Å². The van der Waals surface area contributed by atoms with E-state index in [4.69, 9.17) is 4.74 Å². The summed E-state index contributed by atoms with van der Waals surface area (Å²) >= 11 is 0. The molecule has 0 bridgehead atoms. The van der Waals surface area contributed by atoms with Crippen LogP contribution in [0.4, 0.5) is 8.78 Å². The monoisotopic (exact) mass is 440 g/mol. The van der Waals surface area contributed by atoms with Crippen LogP contribution in [0.1, 0.15) is 24.4 Å². The molecule has 1 saturated heterocycles. The smallest absolute Gasteiger partial charge is 0.159 e. The van der Waals surface area contributed by atoms with Gasteiger partial charge in [-0.25, -0.2) is 13.5 Å². The summed E-state index contributed by atoms with van der Waals surface area (Å²) in [5.74, 6) is -0.120. The number of methoxy groups -OCH3 is 1. The van der Waals surface area contributed by atoms with Crippen molar-refractivity contribution in [1.29, 1.82) is 0 Å². The van der Waals surface area contributed by atoms with Crippen molar-refractivity contribution < 1.29 is 18.6 Å².